The molecule has 3 aliphatic heterocycles. The largest absolute Gasteiger partial charge is 0.310 e. The molecular formula is C12H13NO3S. The summed E-state index contributed by atoms with van der Waals surface area (Å²) >= 11 is 0. The minimum Gasteiger partial charge on any atom is -0.310 e. The van der Waals surface area contributed by atoms with Gasteiger partial charge in [0, 0.05) is 12.2 Å². The number of rotatable bonds is 1. The van der Waals surface area contributed by atoms with Crippen LogP contribution in [0.4, 0.5) is 5.69 Å². The van der Waals surface area contributed by atoms with Gasteiger partial charge in [0.2, 0.25) is 5.91 Å². The monoisotopic (exact) mass is 251 g/mol. The Balaban J connectivity index is 1.93. The Hall–Kier alpha value is -1.36. The lowest BCUT2D eigenvalue weighted by molar-refractivity contribution is -0.119. The molecule has 90 valence electrons. The molecule has 0 N–H and O–H groups in total. The van der Waals surface area contributed by atoms with Crippen molar-refractivity contribution in [2.24, 2.45) is 0 Å². The van der Waals surface area contributed by atoms with Gasteiger partial charge in [-0.05, 0) is 25.5 Å². The third-order valence-electron chi connectivity index (χ3n) is 3.61. The Morgan fingerprint density at radius 1 is 1.24 bits per heavy atom. The van der Waals surface area contributed by atoms with Gasteiger partial charge in [-0.2, -0.15) is 0 Å². The van der Waals surface area contributed by atoms with Gasteiger partial charge in [-0.3, -0.25) is 4.79 Å². The van der Waals surface area contributed by atoms with Crippen molar-refractivity contribution in [1.29, 1.82) is 0 Å². The summed E-state index contributed by atoms with van der Waals surface area (Å²) < 4.78 is 23.3. The molecule has 3 heterocycles. The highest BCUT2D eigenvalue weighted by atomic mass is 32.2. The Bertz CT molecular complexity index is 576. The fourth-order valence-electron chi connectivity index (χ4n) is 2.46. The van der Waals surface area contributed by atoms with E-state index in [2.05, 4.69) is 0 Å². The zero-order valence-corrected chi connectivity index (χ0v) is 10.3. The summed E-state index contributed by atoms with van der Waals surface area (Å²) in [6.45, 7) is 2.28. The lowest BCUT2D eigenvalue weighted by atomic mass is 10.1. The maximum absolute atomic E-state index is 12.0. The van der Waals surface area contributed by atoms with Crippen molar-refractivity contribution < 1.29 is 13.2 Å². The number of aryl methyl sites for hydroxylation is 1. The van der Waals surface area contributed by atoms with Gasteiger partial charge in [0.25, 0.3) is 0 Å². The Morgan fingerprint density at radius 3 is 2.41 bits per heavy atom. The third-order valence-corrected chi connectivity index (χ3v) is 6.07. The molecular weight excluding hydrogens is 238 g/mol. The van der Waals surface area contributed by atoms with E-state index in [1.807, 2.05) is 31.2 Å². The minimum absolute atomic E-state index is 0.267. The Kier molecular flexibility index (Phi) is 2.10. The first-order valence-corrected chi connectivity index (χ1v) is 7.22. The topological polar surface area (TPSA) is 54.5 Å². The van der Waals surface area contributed by atoms with Gasteiger partial charge >= 0.3 is 0 Å². The van der Waals surface area contributed by atoms with Crippen LogP contribution in [0.5, 0.6) is 0 Å². The Labute approximate surface area is 100 Å². The van der Waals surface area contributed by atoms with Crippen LogP contribution in [-0.4, -0.2) is 31.4 Å². The van der Waals surface area contributed by atoms with E-state index in [-0.39, 0.29) is 11.2 Å². The van der Waals surface area contributed by atoms with Gasteiger partial charge in [-0.15, -0.1) is 0 Å². The molecule has 0 aromatic heterocycles. The van der Waals surface area contributed by atoms with E-state index < -0.39 is 15.1 Å². The van der Waals surface area contributed by atoms with Gasteiger partial charge in [0.05, 0.1) is 5.25 Å². The summed E-state index contributed by atoms with van der Waals surface area (Å²) in [6.07, 6.45) is 0.504. The first kappa shape index (κ1) is 10.8. The number of anilines is 1. The summed E-state index contributed by atoms with van der Waals surface area (Å²) in [5.41, 5.74) is 1.92. The zero-order valence-electron chi connectivity index (χ0n) is 9.46. The number of carbonyl (C=O) groups excluding carboxylic acids is 1. The molecule has 5 heteroatoms. The van der Waals surface area contributed by atoms with Crippen LogP contribution in [0.15, 0.2) is 24.3 Å². The number of piperidine rings is 1. The molecule has 1 amide bonds. The number of benzene rings is 1. The van der Waals surface area contributed by atoms with Gasteiger partial charge in [0.15, 0.2) is 9.84 Å². The van der Waals surface area contributed by atoms with Crippen LogP contribution in [0.2, 0.25) is 0 Å². The van der Waals surface area contributed by atoms with Gasteiger partial charge in [-0.25, -0.2) is 8.42 Å². The molecule has 2 unspecified atom stereocenters. The van der Waals surface area contributed by atoms with E-state index in [0.29, 0.717) is 13.0 Å². The molecule has 2 bridgehead atoms. The molecule has 4 rings (SSSR count). The maximum atomic E-state index is 12.0. The smallest absolute Gasteiger partial charge is 0.245 e. The van der Waals surface area contributed by atoms with E-state index in [9.17, 15) is 13.2 Å². The predicted octanol–water partition coefficient (Wildman–Crippen LogP) is 0.897. The van der Waals surface area contributed by atoms with Crippen molar-refractivity contribution >= 4 is 21.4 Å². The van der Waals surface area contributed by atoms with Crippen molar-refractivity contribution in [2.45, 2.75) is 23.8 Å². The third kappa shape index (κ3) is 1.42. The van der Waals surface area contributed by atoms with Crippen molar-refractivity contribution in [3.8, 4) is 0 Å². The molecule has 3 saturated heterocycles. The molecule has 17 heavy (non-hydrogen) atoms. The highest BCUT2D eigenvalue weighted by molar-refractivity contribution is 7.95. The lowest BCUT2D eigenvalue weighted by Gasteiger charge is -2.45. The number of amides is 1. The van der Waals surface area contributed by atoms with Crippen molar-refractivity contribution in [3.63, 3.8) is 0 Å². The molecule has 3 fully saturated rings. The number of carbonyl (C=O) groups is 1. The fraction of sp³-hybridized carbons (Fsp3) is 0.417. The predicted molar refractivity (Wildman–Crippen MR) is 64.6 cm³/mol. The van der Waals surface area contributed by atoms with Crippen molar-refractivity contribution in [2.75, 3.05) is 11.4 Å². The second kappa shape index (κ2) is 3.32. The number of nitrogens with zero attached hydrogens (tertiary/aromatic N) is 1. The Morgan fingerprint density at radius 2 is 1.88 bits per heavy atom. The van der Waals surface area contributed by atoms with E-state index >= 15 is 0 Å². The normalized spacial score (nSPS) is 29.9. The second-order valence-corrected chi connectivity index (χ2v) is 7.13. The van der Waals surface area contributed by atoms with Gasteiger partial charge in [-0.1, -0.05) is 17.7 Å². The lowest BCUT2D eigenvalue weighted by Crippen LogP contribution is -2.65. The van der Waals surface area contributed by atoms with Crippen molar-refractivity contribution in [1.82, 2.24) is 0 Å². The molecule has 4 nitrogen and oxygen atoms in total. The van der Waals surface area contributed by atoms with Crippen LogP contribution in [0, 0.1) is 6.92 Å². The number of fused-ring (bicyclic) bond motifs is 2. The molecule has 0 spiro atoms. The van der Waals surface area contributed by atoms with E-state index in [4.69, 9.17) is 0 Å². The van der Waals surface area contributed by atoms with E-state index in [1.54, 1.807) is 4.90 Å². The average Bonchev–Trinajstić information content (AvgIpc) is 2.30. The maximum Gasteiger partial charge on any atom is 0.245 e. The standard InChI is InChI=1S/C12H13NO3S/c1-8-2-4-9(5-3-8)13-7-10-6-11(12(13)14)17(10,15)16/h2-5,10-11H,6-7H2,1H3. The van der Waals surface area contributed by atoms with Crippen molar-refractivity contribution in [3.05, 3.63) is 29.8 Å². The SMILES string of the molecule is Cc1ccc(N2CC3CC(C2=O)S3(=O)=O)cc1. The molecule has 1 aromatic carbocycles. The second-order valence-electron chi connectivity index (χ2n) is 4.72. The summed E-state index contributed by atoms with van der Waals surface area (Å²) in [4.78, 5) is 13.6. The van der Waals surface area contributed by atoms with Crippen LogP contribution >= 0.6 is 0 Å². The average molecular weight is 251 g/mol. The minimum atomic E-state index is -3.15. The first-order chi connectivity index (χ1) is 8.00. The molecule has 3 aliphatic rings. The van der Waals surface area contributed by atoms with Crippen LogP contribution in [0.25, 0.3) is 0 Å². The highest BCUT2D eigenvalue weighted by Crippen LogP contribution is 2.38. The van der Waals surface area contributed by atoms with Crippen LogP contribution in [-0.2, 0) is 14.6 Å². The van der Waals surface area contributed by atoms with Gasteiger partial charge in [0.1, 0.15) is 5.25 Å². The molecule has 0 saturated carbocycles. The number of hydrogen-bond donors (Lipinski definition) is 0. The summed E-state index contributed by atoms with van der Waals surface area (Å²) in [5.74, 6) is -0.267. The summed E-state index contributed by atoms with van der Waals surface area (Å²) in [7, 11) is -3.15. The number of hydrogen-bond acceptors (Lipinski definition) is 3. The summed E-state index contributed by atoms with van der Waals surface area (Å²) in [6, 6.07) is 7.59. The zero-order chi connectivity index (χ0) is 12.2. The molecule has 0 aliphatic carbocycles. The molecule has 2 atom stereocenters. The molecule has 1 aromatic rings. The first-order valence-electron chi connectivity index (χ1n) is 5.61. The summed E-state index contributed by atoms with van der Waals surface area (Å²) in [5, 5.41) is -1.14. The van der Waals surface area contributed by atoms with Crippen LogP contribution in [0.1, 0.15) is 12.0 Å². The molecule has 0 radical (unpaired) electrons. The van der Waals surface area contributed by atoms with Gasteiger partial charge < -0.3 is 4.90 Å². The van der Waals surface area contributed by atoms with E-state index in [0.717, 1.165) is 11.3 Å². The highest BCUT2D eigenvalue weighted by Gasteiger charge is 2.57. The van der Waals surface area contributed by atoms with Crippen LogP contribution in [0.3, 0.4) is 0 Å². The van der Waals surface area contributed by atoms with E-state index in [1.165, 1.54) is 0 Å². The number of sulfone groups is 1. The quantitative estimate of drug-likeness (QED) is 0.745. The van der Waals surface area contributed by atoms with Crippen LogP contribution < -0.4 is 4.90 Å². The fourth-order valence-corrected chi connectivity index (χ4v) is 4.29.